The number of aryl methyl sites for hydroxylation is 1. The first kappa shape index (κ1) is 21.2. The van der Waals surface area contributed by atoms with Crippen LogP contribution in [0.15, 0.2) is 89.8 Å². The Bertz CT molecular complexity index is 1430. The number of allylic oxidation sites excluding steroid dienone is 1. The molecule has 1 aliphatic rings. The highest BCUT2D eigenvalue weighted by Crippen LogP contribution is 2.33. The fourth-order valence-electron chi connectivity index (χ4n) is 3.62. The maximum atomic E-state index is 12.8. The molecular weight excluding hydrogens is 458 g/mol. The molecule has 2 heterocycles. The van der Waals surface area contributed by atoms with Crippen molar-refractivity contribution in [3.8, 4) is 0 Å². The van der Waals surface area contributed by atoms with Crippen LogP contribution in [0.5, 0.6) is 0 Å². The first-order valence-electron chi connectivity index (χ1n) is 10.2. The van der Waals surface area contributed by atoms with Crippen molar-refractivity contribution >= 4 is 39.2 Å². The van der Waals surface area contributed by atoms with Gasteiger partial charge in [-0.05, 0) is 48.4 Å². The summed E-state index contributed by atoms with van der Waals surface area (Å²) in [5, 5.41) is 8.20. The molecule has 0 fully saturated rings. The zero-order valence-corrected chi connectivity index (χ0v) is 19.2. The van der Waals surface area contributed by atoms with Gasteiger partial charge in [0.1, 0.15) is 6.04 Å². The first-order chi connectivity index (χ1) is 15.9. The number of hydrogen-bond donors (Lipinski definition) is 2. The van der Waals surface area contributed by atoms with E-state index in [2.05, 4.69) is 26.2 Å². The van der Waals surface area contributed by atoms with Gasteiger partial charge in [-0.15, -0.1) is 5.10 Å². The van der Waals surface area contributed by atoms with E-state index < -0.39 is 10.0 Å². The molecule has 166 valence electrons. The van der Waals surface area contributed by atoms with Crippen LogP contribution >= 0.6 is 11.6 Å². The Kier molecular flexibility index (Phi) is 5.39. The Morgan fingerprint density at radius 1 is 0.970 bits per heavy atom. The third-order valence-electron chi connectivity index (χ3n) is 5.32. The molecule has 0 radical (unpaired) electrons. The van der Waals surface area contributed by atoms with Crippen LogP contribution < -0.4 is 10.0 Å². The normalized spacial score (nSPS) is 15.3. The van der Waals surface area contributed by atoms with Gasteiger partial charge in [-0.1, -0.05) is 71.8 Å². The van der Waals surface area contributed by atoms with Gasteiger partial charge < -0.3 is 5.32 Å². The molecule has 1 unspecified atom stereocenters. The monoisotopic (exact) mass is 477 g/mol. The van der Waals surface area contributed by atoms with Gasteiger partial charge in [0.15, 0.2) is 0 Å². The van der Waals surface area contributed by atoms with Crippen LogP contribution in [0.1, 0.15) is 22.7 Å². The Morgan fingerprint density at radius 2 is 1.67 bits per heavy atom. The third kappa shape index (κ3) is 4.35. The van der Waals surface area contributed by atoms with E-state index in [9.17, 15) is 8.42 Å². The predicted molar refractivity (Wildman–Crippen MR) is 130 cm³/mol. The number of aromatic nitrogens is 3. The van der Waals surface area contributed by atoms with Crippen LogP contribution in [0.3, 0.4) is 0 Å². The molecule has 0 amide bonds. The topological polar surface area (TPSA) is 88.9 Å². The molecule has 7 nitrogen and oxygen atoms in total. The second-order valence-electron chi connectivity index (χ2n) is 7.69. The lowest BCUT2D eigenvalue weighted by molar-refractivity contribution is 0.598. The fourth-order valence-corrected chi connectivity index (χ4v) is 4.68. The molecule has 5 rings (SSSR count). The van der Waals surface area contributed by atoms with Crippen molar-refractivity contribution in [2.24, 2.45) is 0 Å². The summed E-state index contributed by atoms with van der Waals surface area (Å²) in [5.41, 5.74) is 4.02. The number of halogens is 1. The van der Waals surface area contributed by atoms with E-state index in [1.807, 2.05) is 61.5 Å². The van der Waals surface area contributed by atoms with Crippen molar-refractivity contribution in [2.75, 3.05) is 10.0 Å². The Labute approximate surface area is 196 Å². The van der Waals surface area contributed by atoms with Crippen LogP contribution in [0.25, 0.3) is 5.70 Å². The van der Waals surface area contributed by atoms with Crippen molar-refractivity contribution in [3.63, 3.8) is 0 Å². The first-order valence-corrected chi connectivity index (χ1v) is 12.1. The van der Waals surface area contributed by atoms with Gasteiger partial charge in [0.2, 0.25) is 5.95 Å². The van der Waals surface area contributed by atoms with Gasteiger partial charge in [0.05, 0.1) is 4.90 Å². The zero-order valence-electron chi connectivity index (χ0n) is 17.6. The zero-order chi connectivity index (χ0) is 23.0. The summed E-state index contributed by atoms with van der Waals surface area (Å²) in [4.78, 5) is 4.51. The number of anilines is 2. The van der Waals surface area contributed by atoms with Crippen molar-refractivity contribution in [1.29, 1.82) is 0 Å². The largest absolute Gasteiger partial charge is 0.324 e. The summed E-state index contributed by atoms with van der Waals surface area (Å²) >= 11 is 5.88. The summed E-state index contributed by atoms with van der Waals surface area (Å²) in [5.74, 6) is 0.419. The highest BCUT2D eigenvalue weighted by Gasteiger charge is 2.27. The lowest BCUT2D eigenvalue weighted by atomic mass is 10.0. The Balaban J connectivity index is 1.53. The average molecular weight is 478 g/mol. The Morgan fingerprint density at radius 3 is 2.36 bits per heavy atom. The van der Waals surface area contributed by atoms with Crippen LogP contribution in [0.4, 0.5) is 11.9 Å². The van der Waals surface area contributed by atoms with E-state index in [0.717, 1.165) is 22.4 Å². The fraction of sp³-hybridized carbons (Fsp3) is 0.0833. The summed E-state index contributed by atoms with van der Waals surface area (Å²) < 4.78 is 29.8. The minimum absolute atomic E-state index is 0.0210. The minimum Gasteiger partial charge on any atom is -0.324 e. The SMILES string of the molecule is Cc1ccc(C2C=C(c3ccccc3)Nc3nc(NS(=O)(=O)c4ccc(Cl)cc4)nn32)cc1. The maximum absolute atomic E-state index is 12.8. The third-order valence-corrected chi connectivity index (χ3v) is 6.92. The second-order valence-corrected chi connectivity index (χ2v) is 9.81. The van der Waals surface area contributed by atoms with Crippen molar-refractivity contribution in [2.45, 2.75) is 17.9 Å². The summed E-state index contributed by atoms with van der Waals surface area (Å²) in [6.45, 7) is 2.03. The number of fused-ring (bicyclic) bond motifs is 1. The molecule has 0 saturated heterocycles. The highest BCUT2D eigenvalue weighted by molar-refractivity contribution is 7.92. The molecule has 0 bridgehead atoms. The summed E-state index contributed by atoms with van der Waals surface area (Å²) in [6.07, 6.45) is 2.05. The van der Waals surface area contributed by atoms with Gasteiger partial charge in [0, 0.05) is 10.7 Å². The van der Waals surface area contributed by atoms with Crippen molar-refractivity contribution in [1.82, 2.24) is 14.8 Å². The lowest BCUT2D eigenvalue weighted by Gasteiger charge is -2.24. The van der Waals surface area contributed by atoms with Crippen molar-refractivity contribution in [3.05, 3.63) is 107 Å². The standard InChI is InChI=1S/C24H20ClN5O2S/c1-16-7-9-18(10-8-16)22-15-21(17-5-3-2-4-6-17)26-24-27-23(28-30(22)24)29-33(31,32)20-13-11-19(25)12-14-20/h2-15,22H,1H3,(H2,26,27,28,29). The van der Waals surface area contributed by atoms with Crippen LogP contribution in [0, 0.1) is 6.92 Å². The smallest absolute Gasteiger partial charge is 0.264 e. The van der Waals surface area contributed by atoms with Gasteiger partial charge in [-0.25, -0.2) is 17.8 Å². The number of sulfonamides is 1. The van der Waals surface area contributed by atoms with Gasteiger partial charge in [-0.2, -0.15) is 4.98 Å². The molecule has 1 aliphatic heterocycles. The van der Waals surface area contributed by atoms with E-state index >= 15 is 0 Å². The molecule has 3 aromatic carbocycles. The molecule has 1 aromatic heterocycles. The predicted octanol–water partition coefficient (Wildman–Crippen LogP) is 5.10. The van der Waals surface area contributed by atoms with E-state index in [1.54, 1.807) is 4.68 Å². The van der Waals surface area contributed by atoms with Gasteiger partial charge >= 0.3 is 0 Å². The number of hydrogen-bond acceptors (Lipinski definition) is 5. The lowest BCUT2D eigenvalue weighted by Crippen LogP contribution is -2.20. The number of nitrogens with one attached hydrogen (secondary N) is 2. The van der Waals surface area contributed by atoms with Crippen LogP contribution in [0.2, 0.25) is 5.02 Å². The molecule has 1 atom stereocenters. The van der Waals surface area contributed by atoms with Gasteiger partial charge in [-0.3, -0.25) is 0 Å². The number of benzene rings is 3. The van der Waals surface area contributed by atoms with Crippen LogP contribution in [-0.2, 0) is 10.0 Å². The molecular formula is C24H20ClN5O2S. The van der Waals surface area contributed by atoms with Crippen molar-refractivity contribution < 1.29 is 8.42 Å². The molecule has 2 N–H and O–H groups in total. The molecule has 0 spiro atoms. The number of rotatable bonds is 5. The molecule has 4 aromatic rings. The van der Waals surface area contributed by atoms with Gasteiger partial charge in [0.25, 0.3) is 16.0 Å². The quantitative estimate of drug-likeness (QED) is 0.417. The molecule has 9 heteroatoms. The molecule has 0 saturated carbocycles. The minimum atomic E-state index is -3.87. The highest BCUT2D eigenvalue weighted by atomic mass is 35.5. The average Bonchev–Trinajstić information content (AvgIpc) is 3.21. The van der Waals surface area contributed by atoms with E-state index in [4.69, 9.17) is 11.6 Å². The molecule has 0 aliphatic carbocycles. The summed E-state index contributed by atoms with van der Waals surface area (Å²) in [6, 6.07) is 23.7. The number of nitrogens with zero attached hydrogens (tertiary/aromatic N) is 3. The van der Waals surface area contributed by atoms with E-state index in [-0.39, 0.29) is 16.9 Å². The van der Waals surface area contributed by atoms with Crippen LogP contribution in [-0.4, -0.2) is 23.2 Å². The van der Waals surface area contributed by atoms with E-state index in [0.29, 0.717) is 11.0 Å². The molecule has 33 heavy (non-hydrogen) atoms. The summed E-state index contributed by atoms with van der Waals surface area (Å²) in [7, 11) is -3.87. The maximum Gasteiger partial charge on any atom is 0.264 e. The second kappa shape index (κ2) is 8.38. The van der Waals surface area contributed by atoms with E-state index in [1.165, 1.54) is 24.3 Å². The Hall–Kier alpha value is -3.62.